The number of rotatable bonds is 8. The number of nitrogen functional groups attached to an aromatic ring is 1. The summed E-state index contributed by atoms with van der Waals surface area (Å²) in [7, 11) is -17.1. The van der Waals surface area contributed by atoms with Crippen LogP contribution in [-0.4, -0.2) is 63.2 Å². The van der Waals surface area contributed by atoms with Crippen LogP contribution in [0.2, 0.25) is 0 Å². The lowest BCUT2D eigenvalue weighted by Gasteiger charge is -2.25. The number of hydrogen-bond donors (Lipinski definition) is 6. The van der Waals surface area contributed by atoms with Gasteiger partial charge in [-0.25, -0.2) is 27.9 Å². The molecule has 7 atom stereocenters. The topological polar surface area (TPSA) is 263 Å². The molecule has 2 rings (SSSR count). The SMILES string of the molecule is CC#CC1(F)[C@@H](O)[C@@H]([C@H](C)OP(=O)(O)OP(=O)(O)OP(=O)(O)O)O[C@H]1n1cnc(N)nc1=O. The van der Waals surface area contributed by atoms with Crippen LogP contribution < -0.4 is 11.4 Å². The molecule has 1 saturated heterocycles. The first-order chi connectivity index (χ1) is 14.9. The smallest absolute Gasteiger partial charge is 0.386 e. The molecule has 21 heteroatoms. The van der Waals surface area contributed by atoms with E-state index in [4.69, 9.17) is 20.3 Å². The standard InChI is InChI=1S/C12H18FN4O13P3/c1-3-4-12(13)8(18)7(27-9(12)17-5-15-10(14)16-11(17)19)6(2)28-32(23,24)30-33(25,26)29-31(20,21)22/h5-9,18H,1-2H3,(H,23,24)(H,25,26)(H2,14,16,19)(H2,20,21,22)/t6-,7+,8-,9+,12?/m0/s1. The lowest BCUT2D eigenvalue weighted by molar-refractivity contribution is -0.0784. The molecule has 2 heterocycles. The maximum Gasteiger partial charge on any atom is 0.490 e. The molecule has 3 unspecified atom stereocenters. The lowest BCUT2D eigenvalue weighted by atomic mass is 9.94. The predicted octanol–water partition coefficient (Wildman–Crippen LogP) is -1.06. The third-order valence-corrected chi connectivity index (χ3v) is 7.81. The third-order valence-electron chi connectivity index (χ3n) is 3.88. The van der Waals surface area contributed by atoms with Crippen LogP contribution >= 0.6 is 23.5 Å². The Labute approximate surface area is 183 Å². The molecule has 17 nitrogen and oxygen atoms in total. The van der Waals surface area contributed by atoms with Gasteiger partial charge in [0, 0.05) is 0 Å². The summed E-state index contributed by atoms with van der Waals surface area (Å²) in [4.78, 5) is 54.8. The van der Waals surface area contributed by atoms with Crippen molar-refractivity contribution >= 4 is 29.4 Å². The highest BCUT2D eigenvalue weighted by molar-refractivity contribution is 7.66. The van der Waals surface area contributed by atoms with Crippen LogP contribution in [0.25, 0.3) is 0 Å². The first kappa shape index (κ1) is 27.7. The monoisotopic (exact) mass is 538 g/mol. The molecular weight excluding hydrogens is 520 g/mol. The van der Waals surface area contributed by atoms with E-state index in [1.807, 2.05) is 5.92 Å². The van der Waals surface area contributed by atoms with Gasteiger partial charge in [0.05, 0.1) is 6.10 Å². The van der Waals surface area contributed by atoms with E-state index in [1.54, 1.807) is 0 Å². The molecule has 0 radical (unpaired) electrons. The minimum absolute atomic E-state index is 0.446. The molecule has 0 amide bonds. The van der Waals surface area contributed by atoms with Crippen molar-refractivity contribution in [3.05, 3.63) is 16.8 Å². The number of phosphoric ester groups is 1. The van der Waals surface area contributed by atoms with Crippen LogP contribution in [0, 0.1) is 11.8 Å². The molecule has 1 fully saturated rings. The van der Waals surface area contributed by atoms with Crippen LogP contribution in [-0.2, 0) is 31.6 Å². The van der Waals surface area contributed by atoms with Crippen molar-refractivity contribution in [2.45, 2.75) is 44.1 Å². The molecule has 0 aliphatic carbocycles. The van der Waals surface area contributed by atoms with Gasteiger partial charge in [-0.05, 0) is 13.8 Å². The number of nitrogens with two attached hydrogens (primary N) is 1. The molecule has 33 heavy (non-hydrogen) atoms. The molecule has 1 aromatic heterocycles. The number of hydrogen-bond acceptors (Lipinski definition) is 12. The van der Waals surface area contributed by atoms with E-state index in [9.17, 15) is 33.4 Å². The predicted molar refractivity (Wildman–Crippen MR) is 102 cm³/mol. The number of nitrogens with zero attached hydrogens (tertiary/aromatic N) is 3. The van der Waals surface area contributed by atoms with Crippen molar-refractivity contribution in [1.82, 2.24) is 14.5 Å². The lowest BCUT2D eigenvalue weighted by Crippen LogP contribution is -2.45. The van der Waals surface area contributed by atoms with E-state index in [2.05, 4.69) is 29.0 Å². The number of ether oxygens (including phenoxy) is 1. The van der Waals surface area contributed by atoms with Crippen LogP contribution in [0.4, 0.5) is 10.3 Å². The Hall–Kier alpha value is -1.57. The second-order valence-electron chi connectivity index (χ2n) is 6.35. The number of aromatic nitrogens is 3. The third kappa shape index (κ3) is 6.74. The van der Waals surface area contributed by atoms with E-state index < -0.39 is 65.3 Å². The molecule has 1 aromatic rings. The summed E-state index contributed by atoms with van der Waals surface area (Å²) in [5, 5.41) is 10.5. The summed E-state index contributed by atoms with van der Waals surface area (Å²) in [6.07, 6.45) is -7.14. The Morgan fingerprint density at radius 2 is 1.88 bits per heavy atom. The number of aliphatic hydroxyl groups is 1. The quantitative estimate of drug-likeness (QED) is 0.170. The van der Waals surface area contributed by atoms with Gasteiger partial charge < -0.3 is 35.2 Å². The minimum atomic E-state index is -5.82. The van der Waals surface area contributed by atoms with Crippen molar-refractivity contribution < 1.29 is 60.6 Å². The molecule has 0 bridgehead atoms. The van der Waals surface area contributed by atoms with Gasteiger partial charge >= 0.3 is 29.2 Å². The Morgan fingerprint density at radius 1 is 1.27 bits per heavy atom. The molecule has 0 spiro atoms. The summed E-state index contributed by atoms with van der Waals surface area (Å²) < 4.78 is 67.2. The number of phosphoric acid groups is 3. The number of aliphatic hydroxyl groups excluding tert-OH is 1. The molecule has 0 saturated carbocycles. The second kappa shape index (κ2) is 9.59. The van der Waals surface area contributed by atoms with Crippen molar-refractivity contribution in [1.29, 1.82) is 0 Å². The number of anilines is 1. The normalized spacial score (nSPS) is 30.0. The minimum Gasteiger partial charge on any atom is -0.386 e. The van der Waals surface area contributed by atoms with Gasteiger partial charge in [-0.1, -0.05) is 5.92 Å². The fourth-order valence-corrected chi connectivity index (χ4v) is 5.96. The van der Waals surface area contributed by atoms with Crippen molar-refractivity contribution in [3.63, 3.8) is 0 Å². The van der Waals surface area contributed by atoms with Crippen LogP contribution in [0.3, 0.4) is 0 Å². The van der Waals surface area contributed by atoms with Crippen LogP contribution in [0.1, 0.15) is 20.1 Å². The zero-order valence-electron chi connectivity index (χ0n) is 16.5. The fraction of sp³-hybridized carbons (Fsp3) is 0.583. The van der Waals surface area contributed by atoms with Crippen LogP contribution in [0.5, 0.6) is 0 Å². The second-order valence-corrected chi connectivity index (χ2v) is 10.7. The van der Waals surface area contributed by atoms with E-state index >= 15 is 4.39 Å². The van der Waals surface area contributed by atoms with Gasteiger partial charge in [-0.2, -0.15) is 13.6 Å². The van der Waals surface area contributed by atoms with Crippen molar-refractivity contribution in [2.75, 3.05) is 5.73 Å². The van der Waals surface area contributed by atoms with E-state index in [-0.39, 0.29) is 0 Å². The molecule has 1 aliphatic rings. The Bertz CT molecular complexity index is 1160. The van der Waals surface area contributed by atoms with Gasteiger partial charge in [0.1, 0.15) is 18.5 Å². The highest BCUT2D eigenvalue weighted by Crippen LogP contribution is 2.66. The highest BCUT2D eigenvalue weighted by Gasteiger charge is 2.60. The van der Waals surface area contributed by atoms with E-state index in [1.165, 1.54) is 6.92 Å². The van der Waals surface area contributed by atoms with Gasteiger partial charge in [0.25, 0.3) is 0 Å². The Kier molecular flexibility index (Phi) is 8.04. The van der Waals surface area contributed by atoms with Crippen LogP contribution in [0.15, 0.2) is 11.1 Å². The van der Waals surface area contributed by atoms with Gasteiger partial charge in [0.15, 0.2) is 6.23 Å². The molecule has 186 valence electrons. The molecule has 0 aromatic carbocycles. The number of alkyl halides is 1. The highest BCUT2D eigenvalue weighted by atomic mass is 31.3. The number of halogens is 1. The first-order valence-electron chi connectivity index (χ1n) is 8.40. The summed E-state index contributed by atoms with van der Waals surface area (Å²) >= 11 is 0. The summed E-state index contributed by atoms with van der Waals surface area (Å²) in [6, 6.07) is 0. The van der Waals surface area contributed by atoms with Gasteiger partial charge in [-0.3, -0.25) is 9.09 Å². The maximum absolute atomic E-state index is 15.6. The average Bonchev–Trinajstić information content (AvgIpc) is 2.83. The zero-order chi connectivity index (χ0) is 25.4. The van der Waals surface area contributed by atoms with E-state index in [0.29, 0.717) is 4.57 Å². The molecular formula is C12H18FN4O13P3. The van der Waals surface area contributed by atoms with Gasteiger partial charge in [-0.15, -0.1) is 5.92 Å². The maximum atomic E-state index is 15.6. The summed E-state index contributed by atoms with van der Waals surface area (Å²) in [5.74, 6) is 3.77. The molecule has 7 N–H and O–H groups in total. The van der Waals surface area contributed by atoms with Crippen molar-refractivity contribution in [3.8, 4) is 11.8 Å². The zero-order valence-corrected chi connectivity index (χ0v) is 19.2. The van der Waals surface area contributed by atoms with E-state index in [0.717, 1.165) is 13.3 Å². The van der Waals surface area contributed by atoms with Crippen molar-refractivity contribution in [2.24, 2.45) is 0 Å². The Balaban J connectivity index is 2.31. The molecule has 1 aliphatic heterocycles. The summed E-state index contributed by atoms with van der Waals surface area (Å²) in [6.45, 7) is 2.15. The fourth-order valence-electron chi connectivity index (χ4n) is 2.76. The summed E-state index contributed by atoms with van der Waals surface area (Å²) in [5.41, 5.74) is 1.13. The first-order valence-corrected chi connectivity index (χ1v) is 12.9. The Morgan fingerprint density at radius 3 is 2.39 bits per heavy atom. The average molecular weight is 538 g/mol. The van der Waals surface area contributed by atoms with Gasteiger partial charge in [0.2, 0.25) is 11.6 Å². The largest absolute Gasteiger partial charge is 0.490 e.